The van der Waals surface area contributed by atoms with Crippen molar-refractivity contribution in [1.29, 1.82) is 0 Å². The zero-order valence-corrected chi connectivity index (χ0v) is 18.2. The first-order chi connectivity index (χ1) is 14.4. The molecule has 0 bridgehead atoms. The molecule has 154 valence electrons. The third-order valence-corrected chi connectivity index (χ3v) is 6.48. The number of aryl methyl sites for hydroxylation is 4. The molecule has 0 saturated heterocycles. The van der Waals surface area contributed by atoms with E-state index in [1.54, 1.807) is 12.4 Å². The largest absolute Gasteiger partial charge is 0.294 e. The summed E-state index contributed by atoms with van der Waals surface area (Å²) in [5.41, 5.74) is 8.42. The van der Waals surface area contributed by atoms with Gasteiger partial charge < -0.3 is 0 Å². The van der Waals surface area contributed by atoms with Crippen LogP contribution in [-0.2, 0) is 4.79 Å². The maximum atomic E-state index is 13.1. The second kappa shape index (κ2) is 8.39. The summed E-state index contributed by atoms with van der Waals surface area (Å²) in [7, 11) is 0. The summed E-state index contributed by atoms with van der Waals surface area (Å²) < 4.78 is 0. The molecule has 1 aliphatic rings. The van der Waals surface area contributed by atoms with E-state index in [9.17, 15) is 4.79 Å². The molecule has 4 rings (SSSR count). The summed E-state index contributed by atoms with van der Waals surface area (Å²) in [4.78, 5) is 21.9. The monoisotopic (exact) mass is 399 g/mol. The van der Waals surface area contributed by atoms with E-state index < -0.39 is 0 Å². The Balaban J connectivity index is 1.51. The minimum absolute atomic E-state index is 0.0266. The topological polar surface area (TPSA) is 54.9 Å². The lowest BCUT2D eigenvalue weighted by Crippen LogP contribution is -2.26. The normalized spacial score (nSPS) is 18.4. The highest BCUT2D eigenvalue weighted by Crippen LogP contribution is 2.42. The van der Waals surface area contributed by atoms with Crippen molar-refractivity contribution < 1.29 is 4.79 Å². The summed E-state index contributed by atoms with van der Waals surface area (Å²) in [5.74, 6) is 0.625. The molecule has 0 aliphatic heterocycles. The second-order valence-corrected chi connectivity index (χ2v) is 8.54. The second-order valence-electron chi connectivity index (χ2n) is 8.54. The van der Waals surface area contributed by atoms with E-state index in [0.29, 0.717) is 5.95 Å². The minimum Gasteiger partial charge on any atom is -0.294 e. The Labute approximate surface area is 178 Å². The highest BCUT2D eigenvalue weighted by Gasteiger charge is 2.35. The van der Waals surface area contributed by atoms with Crippen LogP contribution in [0.5, 0.6) is 0 Å². The molecule has 30 heavy (non-hydrogen) atoms. The lowest BCUT2D eigenvalue weighted by molar-refractivity contribution is -0.120. The van der Waals surface area contributed by atoms with Gasteiger partial charge in [-0.25, -0.2) is 9.97 Å². The zero-order valence-electron chi connectivity index (χ0n) is 18.2. The number of carbonyl (C=O) groups excluding carboxylic acids is 1. The van der Waals surface area contributed by atoms with Gasteiger partial charge in [-0.3, -0.25) is 10.1 Å². The average molecular weight is 400 g/mol. The smallest absolute Gasteiger partial charge is 0.230 e. The van der Waals surface area contributed by atoms with Crippen molar-refractivity contribution in [2.24, 2.45) is 5.92 Å². The van der Waals surface area contributed by atoms with E-state index in [-0.39, 0.29) is 17.7 Å². The molecule has 2 aromatic carbocycles. The maximum Gasteiger partial charge on any atom is 0.230 e. The zero-order chi connectivity index (χ0) is 21.3. The van der Waals surface area contributed by atoms with Gasteiger partial charge in [-0.2, -0.15) is 0 Å². The van der Waals surface area contributed by atoms with Gasteiger partial charge in [0.25, 0.3) is 0 Å². The molecule has 4 nitrogen and oxygen atoms in total. The molecular formula is C26H29N3O. The number of aromatic nitrogens is 2. The number of amides is 1. The van der Waals surface area contributed by atoms with Crippen molar-refractivity contribution >= 4 is 11.9 Å². The molecule has 0 spiro atoms. The fourth-order valence-corrected chi connectivity index (χ4v) is 4.66. The van der Waals surface area contributed by atoms with E-state index in [4.69, 9.17) is 0 Å². The SMILES string of the molecule is Cc1cc(C)c(C2CCCC2C(=O)Nc2ncc(-c3ccccc3C)cn2)cc1C. The molecule has 1 saturated carbocycles. The van der Waals surface area contributed by atoms with Gasteiger partial charge in [0.05, 0.1) is 0 Å². The summed E-state index contributed by atoms with van der Waals surface area (Å²) in [6.07, 6.45) is 6.59. The Hall–Kier alpha value is -3.01. The molecule has 4 heteroatoms. The number of nitrogens with zero attached hydrogens (tertiary/aromatic N) is 2. The van der Waals surface area contributed by atoms with E-state index in [0.717, 1.165) is 30.4 Å². The van der Waals surface area contributed by atoms with E-state index >= 15 is 0 Å². The number of nitrogens with one attached hydrogen (secondary N) is 1. The quantitative estimate of drug-likeness (QED) is 0.594. The molecule has 1 heterocycles. The number of carbonyl (C=O) groups is 1. The van der Waals surface area contributed by atoms with Gasteiger partial charge in [0, 0.05) is 23.9 Å². The van der Waals surface area contributed by atoms with Crippen LogP contribution in [0.1, 0.15) is 53.0 Å². The molecule has 1 aromatic heterocycles. The Morgan fingerprint density at radius 2 is 1.60 bits per heavy atom. The molecular weight excluding hydrogens is 370 g/mol. The lowest BCUT2D eigenvalue weighted by atomic mass is 9.84. The van der Waals surface area contributed by atoms with Crippen LogP contribution >= 0.6 is 0 Å². The van der Waals surface area contributed by atoms with Crippen LogP contribution in [-0.4, -0.2) is 15.9 Å². The van der Waals surface area contributed by atoms with Gasteiger partial charge in [-0.05, 0) is 79.8 Å². The fourth-order valence-electron chi connectivity index (χ4n) is 4.66. The van der Waals surface area contributed by atoms with E-state index in [1.165, 1.54) is 27.8 Å². The van der Waals surface area contributed by atoms with Gasteiger partial charge >= 0.3 is 0 Å². The third-order valence-electron chi connectivity index (χ3n) is 6.48. The molecule has 2 atom stereocenters. The number of benzene rings is 2. The van der Waals surface area contributed by atoms with Gasteiger partial charge in [-0.15, -0.1) is 0 Å². The molecule has 3 aromatic rings. The van der Waals surface area contributed by atoms with Crippen LogP contribution < -0.4 is 5.32 Å². The predicted octanol–water partition coefficient (Wildman–Crippen LogP) is 5.90. The summed E-state index contributed by atoms with van der Waals surface area (Å²) in [6, 6.07) is 12.7. The van der Waals surface area contributed by atoms with Crippen molar-refractivity contribution in [2.75, 3.05) is 5.32 Å². The number of anilines is 1. The first kappa shape index (κ1) is 20.3. The molecule has 1 fully saturated rings. The van der Waals surface area contributed by atoms with Crippen LogP contribution in [0.3, 0.4) is 0 Å². The van der Waals surface area contributed by atoms with E-state index in [1.807, 2.05) is 12.1 Å². The lowest BCUT2D eigenvalue weighted by Gasteiger charge is -2.22. The fraction of sp³-hybridized carbons (Fsp3) is 0.346. The number of rotatable bonds is 4. The Bertz CT molecular complexity index is 1070. The highest BCUT2D eigenvalue weighted by atomic mass is 16.2. The molecule has 1 aliphatic carbocycles. The summed E-state index contributed by atoms with van der Waals surface area (Å²) >= 11 is 0. The highest BCUT2D eigenvalue weighted by molar-refractivity contribution is 5.92. The standard InChI is InChI=1S/C26H29N3O/c1-16-8-5-6-9-21(16)20-14-27-26(28-15-20)29-25(30)23-11-7-10-22(23)24-13-18(3)17(2)12-19(24)4/h5-6,8-9,12-15,22-23H,7,10-11H2,1-4H3,(H,27,28,29,30). The molecule has 1 amide bonds. The van der Waals surface area contributed by atoms with Crippen LogP contribution in [0.2, 0.25) is 0 Å². The van der Waals surface area contributed by atoms with Gasteiger partial charge in [0.15, 0.2) is 0 Å². The van der Waals surface area contributed by atoms with Gasteiger partial charge in [-0.1, -0.05) is 42.8 Å². The number of hydrogen-bond donors (Lipinski definition) is 1. The summed E-state index contributed by atoms with van der Waals surface area (Å²) in [5, 5.41) is 2.96. The van der Waals surface area contributed by atoms with Crippen molar-refractivity contribution in [3.63, 3.8) is 0 Å². The van der Waals surface area contributed by atoms with Crippen LogP contribution in [0.15, 0.2) is 48.8 Å². The number of hydrogen-bond acceptors (Lipinski definition) is 3. The Morgan fingerprint density at radius 1 is 0.900 bits per heavy atom. The molecule has 2 unspecified atom stereocenters. The Morgan fingerprint density at radius 3 is 2.33 bits per heavy atom. The minimum atomic E-state index is -0.0366. The van der Waals surface area contributed by atoms with Crippen molar-refractivity contribution in [3.05, 3.63) is 76.6 Å². The van der Waals surface area contributed by atoms with Gasteiger partial charge in [0.2, 0.25) is 11.9 Å². The van der Waals surface area contributed by atoms with Crippen LogP contribution in [0, 0.1) is 33.6 Å². The van der Waals surface area contributed by atoms with Crippen LogP contribution in [0.4, 0.5) is 5.95 Å². The summed E-state index contributed by atoms with van der Waals surface area (Å²) in [6.45, 7) is 8.51. The van der Waals surface area contributed by atoms with Crippen molar-refractivity contribution in [2.45, 2.75) is 52.9 Å². The van der Waals surface area contributed by atoms with E-state index in [2.05, 4.69) is 67.2 Å². The van der Waals surface area contributed by atoms with Gasteiger partial charge in [0.1, 0.15) is 0 Å². The van der Waals surface area contributed by atoms with Crippen molar-refractivity contribution in [1.82, 2.24) is 9.97 Å². The first-order valence-electron chi connectivity index (χ1n) is 10.7. The first-order valence-corrected chi connectivity index (χ1v) is 10.7. The predicted molar refractivity (Wildman–Crippen MR) is 122 cm³/mol. The third kappa shape index (κ3) is 4.00. The molecule has 1 N–H and O–H groups in total. The average Bonchev–Trinajstić information content (AvgIpc) is 3.21. The van der Waals surface area contributed by atoms with Crippen molar-refractivity contribution in [3.8, 4) is 11.1 Å². The maximum absolute atomic E-state index is 13.1. The molecule has 0 radical (unpaired) electrons. The Kier molecular flexibility index (Phi) is 5.67. The van der Waals surface area contributed by atoms with Crippen LogP contribution in [0.25, 0.3) is 11.1 Å².